The molecule has 5 nitrogen and oxygen atoms in total. The van der Waals surface area contributed by atoms with Crippen molar-refractivity contribution >= 4 is 24.0 Å². The number of esters is 1. The standard InChI is InChI=1S/C15H25NO3.C11H14ClN/c1-2-19-14(18)15(13-6-4-3-5-7-13)8-10-16(12-17)11-9-15;12-11-5-3-9(4-6-11)10-2-1-7-13-8-10/h12-13H,2-11H2,1H3;3-6,10,13H,1-2,7-8H2/t;10-/m.0/s1. The predicted octanol–water partition coefficient (Wildman–Crippen LogP) is 5.18. The van der Waals surface area contributed by atoms with Gasteiger partial charge in [-0.05, 0) is 81.5 Å². The zero-order valence-corrected chi connectivity index (χ0v) is 20.2. The van der Waals surface area contributed by atoms with Gasteiger partial charge < -0.3 is 15.0 Å². The number of carbonyl (C=O) groups is 2. The van der Waals surface area contributed by atoms with Crippen molar-refractivity contribution in [2.24, 2.45) is 11.3 Å². The van der Waals surface area contributed by atoms with E-state index in [1.54, 1.807) is 4.90 Å². The summed E-state index contributed by atoms with van der Waals surface area (Å²) in [6.45, 7) is 5.99. The minimum atomic E-state index is -0.323. The number of likely N-dealkylation sites (tertiary alicyclic amines) is 1. The molecule has 6 heteroatoms. The topological polar surface area (TPSA) is 58.6 Å². The van der Waals surface area contributed by atoms with Crippen molar-refractivity contribution in [1.82, 2.24) is 10.2 Å². The Morgan fingerprint density at radius 1 is 1.12 bits per heavy atom. The van der Waals surface area contributed by atoms with Crippen LogP contribution in [0.1, 0.15) is 76.2 Å². The van der Waals surface area contributed by atoms with Gasteiger partial charge in [-0.3, -0.25) is 9.59 Å². The van der Waals surface area contributed by atoms with E-state index >= 15 is 0 Å². The molecule has 4 rings (SSSR count). The van der Waals surface area contributed by atoms with Crippen LogP contribution >= 0.6 is 11.6 Å². The van der Waals surface area contributed by atoms with E-state index in [0.29, 0.717) is 31.5 Å². The Balaban J connectivity index is 0.000000193. The van der Waals surface area contributed by atoms with E-state index in [1.165, 1.54) is 44.2 Å². The van der Waals surface area contributed by atoms with Crippen molar-refractivity contribution in [2.45, 2.75) is 70.6 Å². The highest BCUT2D eigenvalue weighted by molar-refractivity contribution is 6.30. The van der Waals surface area contributed by atoms with Gasteiger partial charge in [0.15, 0.2) is 0 Å². The molecule has 178 valence electrons. The fraction of sp³-hybridized carbons (Fsp3) is 0.692. The number of halogens is 1. The van der Waals surface area contributed by atoms with Crippen LogP contribution in [0.2, 0.25) is 5.02 Å². The third-order valence-electron chi connectivity index (χ3n) is 7.55. The van der Waals surface area contributed by atoms with Gasteiger partial charge in [0.1, 0.15) is 0 Å². The van der Waals surface area contributed by atoms with Crippen LogP contribution in [-0.2, 0) is 14.3 Å². The number of hydrogen-bond acceptors (Lipinski definition) is 4. The summed E-state index contributed by atoms with van der Waals surface area (Å²) >= 11 is 5.83. The fourth-order valence-electron chi connectivity index (χ4n) is 5.61. The molecule has 3 fully saturated rings. The van der Waals surface area contributed by atoms with Crippen LogP contribution < -0.4 is 5.32 Å². The first-order chi connectivity index (χ1) is 15.6. The second kappa shape index (κ2) is 12.6. The molecule has 0 spiro atoms. The van der Waals surface area contributed by atoms with Crippen molar-refractivity contribution in [3.05, 3.63) is 34.9 Å². The van der Waals surface area contributed by atoms with Crippen LogP contribution in [0, 0.1) is 11.3 Å². The zero-order valence-electron chi connectivity index (χ0n) is 19.5. The average molecular weight is 463 g/mol. The number of nitrogens with one attached hydrogen (secondary N) is 1. The number of carbonyl (C=O) groups excluding carboxylic acids is 2. The molecule has 32 heavy (non-hydrogen) atoms. The minimum Gasteiger partial charge on any atom is -0.466 e. The molecule has 1 N–H and O–H groups in total. The lowest BCUT2D eigenvalue weighted by atomic mass is 9.64. The van der Waals surface area contributed by atoms with E-state index in [-0.39, 0.29) is 11.4 Å². The number of hydrogen-bond donors (Lipinski definition) is 1. The van der Waals surface area contributed by atoms with Crippen LogP contribution in [-0.4, -0.2) is 50.1 Å². The number of rotatable bonds is 5. The van der Waals surface area contributed by atoms with E-state index in [4.69, 9.17) is 16.3 Å². The molecule has 1 saturated carbocycles. The van der Waals surface area contributed by atoms with E-state index < -0.39 is 0 Å². The Labute approximate surface area is 198 Å². The van der Waals surface area contributed by atoms with Gasteiger partial charge in [-0.25, -0.2) is 0 Å². The zero-order chi connectivity index (χ0) is 22.8. The maximum atomic E-state index is 12.5. The van der Waals surface area contributed by atoms with E-state index in [2.05, 4.69) is 17.4 Å². The highest BCUT2D eigenvalue weighted by Crippen LogP contribution is 2.46. The summed E-state index contributed by atoms with van der Waals surface area (Å²) in [5.74, 6) is 1.12. The molecule has 1 amide bonds. The van der Waals surface area contributed by atoms with Crippen LogP contribution in [0.25, 0.3) is 0 Å². The summed E-state index contributed by atoms with van der Waals surface area (Å²) in [6, 6.07) is 8.23. The smallest absolute Gasteiger partial charge is 0.312 e. The van der Waals surface area contributed by atoms with Gasteiger partial charge in [0.2, 0.25) is 6.41 Å². The van der Waals surface area contributed by atoms with E-state index in [9.17, 15) is 9.59 Å². The first kappa shape index (κ1) is 25.0. The molecular weight excluding hydrogens is 424 g/mol. The molecule has 0 bridgehead atoms. The monoisotopic (exact) mass is 462 g/mol. The molecule has 1 aliphatic carbocycles. The first-order valence-corrected chi connectivity index (χ1v) is 12.8. The largest absolute Gasteiger partial charge is 0.466 e. The molecule has 2 aliphatic heterocycles. The van der Waals surface area contributed by atoms with Crippen LogP contribution in [0.5, 0.6) is 0 Å². The molecule has 3 aliphatic rings. The first-order valence-electron chi connectivity index (χ1n) is 12.4. The lowest BCUT2D eigenvalue weighted by Gasteiger charge is -2.45. The number of ether oxygens (including phenoxy) is 1. The lowest BCUT2D eigenvalue weighted by molar-refractivity contribution is -0.165. The van der Waals surface area contributed by atoms with Crippen molar-refractivity contribution in [3.63, 3.8) is 0 Å². The number of piperidine rings is 2. The average Bonchev–Trinajstić information content (AvgIpc) is 2.86. The Morgan fingerprint density at radius 3 is 2.38 bits per heavy atom. The Hall–Kier alpha value is -1.59. The molecule has 1 atom stereocenters. The second-order valence-electron chi connectivity index (χ2n) is 9.45. The second-order valence-corrected chi connectivity index (χ2v) is 9.88. The van der Waals surface area contributed by atoms with Gasteiger partial charge in [0, 0.05) is 24.7 Å². The molecule has 0 unspecified atom stereocenters. The van der Waals surface area contributed by atoms with Crippen molar-refractivity contribution < 1.29 is 14.3 Å². The van der Waals surface area contributed by atoms with Gasteiger partial charge in [0.05, 0.1) is 12.0 Å². The highest BCUT2D eigenvalue weighted by atomic mass is 35.5. The maximum absolute atomic E-state index is 12.5. The van der Waals surface area contributed by atoms with Gasteiger partial charge in [-0.2, -0.15) is 0 Å². The van der Waals surface area contributed by atoms with Gasteiger partial charge in [0.25, 0.3) is 0 Å². The quantitative estimate of drug-likeness (QED) is 0.484. The highest BCUT2D eigenvalue weighted by Gasteiger charge is 2.48. The number of benzene rings is 1. The molecule has 0 radical (unpaired) electrons. The lowest BCUT2D eigenvalue weighted by Crippen LogP contribution is -2.49. The predicted molar refractivity (Wildman–Crippen MR) is 129 cm³/mol. The maximum Gasteiger partial charge on any atom is 0.312 e. The third-order valence-corrected chi connectivity index (χ3v) is 7.80. The van der Waals surface area contributed by atoms with Crippen LogP contribution in [0.3, 0.4) is 0 Å². The van der Waals surface area contributed by atoms with Crippen molar-refractivity contribution in [2.75, 3.05) is 32.8 Å². The summed E-state index contributed by atoms with van der Waals surface area (Å²) in [5.41, 5.74) is 1.09. The Bertz CT molecular complexity index is 704. The molecular formula is C26H39ClN2O3. The van der Waals surface area contributed by atoms with E-state index in [0.717, 1.165) is 43.7 Å². The Morgan fingerprint density at radius 2 is 1.81 bits per heavy atom. The third kappa shape index (κ3) is 6.48. The Kier molecular flexibility index (Phi) is 9.86. The summed E-state index contributed by atoms with van der Waals surface area (Å²) in [6.07, 6.45) is 11.0. The van der Waals surface area contributed by atoms with Crippen LogP contribution in [0.4, 0.5) is 0 Å². The molecule has 0 aromatic heterocycles. The van der Waals surface area contributed by atoms with Gasteiger partial charge in [-0.1, -0.05) is 43.0 Å². The van der Waals surface area contributed by atoms with E-state index in [1.807, 2.05) is 19.1 Å². The molecule has 2 saturated heterocycles. The SMILES string of the molecule is CCOC(=O)C1(C2CCCCC2)CCN(C=O)CC1.Clc1ccc([C@H]2CCCNC2)cc1. The summed E-state index contributed by atoms with van der Waals surface area (Å²) in [5, 5.41) is 4.24. The summed E-state index contributed by atoms with van der Waals surface area (Å²) in [7, 11) is 0. The normalized spacial score (nSPS) is 23.6. The summed E-state index contributed by atoms with van der Waals surface area (Å²) < 4.78 is 5.36. The molecule has 1 aromatic carbocycles. The van der Waals surface area contributed by atoms with Crippen LogP contribution in [0.15, 0.2) is 24.3 Å². The number of amides is 1. The number of nitrogens with zero attached hydrogens (tertiary/aromatic N) is 1. The van der Waals surface area contributed by atoms with Crippen molar-refractivity contribution in [1.29, 1.82) is 0 Å². The minimum absolute atomic E-state index is 0.0209. The summed E-state index contributed by atoms with van der Waals surface area (Å²) in [4.78, 5) is 25.1. The van der Waals surface area contributed by atoms with Crippen molar-refractivity contribution in [3.8, 4) is 0 Å². The van der Waals surface area contributed by atoms with Gasteiger partial charge >= 0.3 is 5.97 Å². The van der Waals surface area contributed by atoms with Gasteiger partial charge in [-0.15, -0.1) is 0 Å². The molecule has 1 aromatic rings. The molecule has 2 heterocycles. The fourth-order valence-corrected chi connectivity index (χ4v) is 5.73.